The number of amides is 2. The number of nitrogens with one attached hydrogen (secondary N) is 1. The topological polar surface area (TPSA) is 86.8 Å². The van der Waals surface area contributed by atoms with Crippen LogP contribution in [0.25, 0.3) is 0 Å². The molecule has 0 saturated carbocycles. The predicted molar refractivity (Wildman–Crippen MR) is 165 cm³/mol. The summed E-state index contributed by atoms with van der Waals surface area (Å²) in [7, 11) is -3.57. The molecule has 3 aromatic rings. The SMILES string of the molecule is CCNC(=O)[C@@H](Cc1ccccc1)N(Cc1cccc(Br)c1)C(=O)CCCN(c1cccc(C)c1C)S(C)(=O)=O. The maximum atomic E-state index is 13.8. The van der Waals surface area contributed by atoms with Crippen LogP contribution in [0.4, 0.5) is 5.69 Å². The number of carbonyl (C=O) groups excluding carboxylic acids is 2. The average Bonchev–Trinajstić information content (AvgIpc) is 2.90. The highest BCUT2D eigenvalue weighted by Gasteiger charge is 2.30. The van der Waals surface area contributed by atoms with Crippen LogP contribution in [0, 0.1) is 13.8 Å². The maximum Gasteiger partial charge on any atom is 0.243 e. The molecule has 0 aliphatic carbocycles. The molecule has 3 rings (SSSR count). The molecule has 9 heteroatoms. The van der Waals surface area contributed by atoms with Crippen molar-refractivity contribution in [2.75, 3.05) is 23.7 Å². The number of nitrogens with zero attached hydrogens (tertiary/aromatic N) is 2. The van der Waals surface area contributed by atoms with Crippen LogP contribution in [0.2, 0.25) is 0 Å². The van der Waals surface area contributed by atoms with Gasteiger partial charge in [-0.25, -0.2) is 8.42 Å². The average molecular weight is 629 g/mol. The van der Waals surface area contributed by atoms with Gasteiger partial charge in [0.15, 0.2) is 0 Å². The van der Waals surface area contributed by atoms with E-state index in [1.54, 1.807) is 11.0 Å². The molecule has 0 unspecified atom stereocenters. The first kappa shape index (κ1) is 31.4. The van der Waals surface area contributed by atoms with Crippen molar-refractivity contribution in [3.63, 3.8) is 0 Å². The zero-order chi connectivity index (χ0) is 29.3. The molecule has 3 aromatic carbocycles. The molecule has 0 aromatic heterocycles. The molecule has 0 fully saturated rings. The van der Waals surface area contributed by atoms with E-state index < -0.39 is 16.1 Å². The van der Waals surface area contributed by atoms with Gasteiger partial charge in [-0.3, -0.25) is 13.9 Å². The van der Waals surface area contributed by atoms with Gasteiger partial charge in [0.05, 0.1) is 11.9 Å². The minimum absolute atomic E-state index is 0.0928. The Bertz CT molecular complexity index is 1410. The maximum absolute atomic E-state index is 13.8. The van der Waals surface area contributed by atoms with E-state index in [0.29, 0.717) is 25.1 Å². The lowest BCUT2D eigenvalue weighted by Crippen LogP contribution is -2.50. The molecule has 2 amide bonds. The zero-order valence-electron chi connectivity index (χ0n) is 23.6. The van der Waals surface area contributed by atoms with Gasteiger partial charge in [-0.2, -0.15) is 0 Å². The highest BCUT2D eigenvalue weighted by molar-refractivity contribution is 9.10. The Morgan fingerprint density at radius 3 is 2.27 bits per heavy atom. The van der Waals surface area contributed by atoms with Gasteiger partial charge >= 0.3 is 0 Å². The second-order valence-corrected chi connectivity index (χ2v) is 12.7. The second-order valence-electron chi connectivity index (χ2n) is 9.91. The van der Waals surface area contributed by atoms with Crippen molar-refractivity contribution in [2.45, 2.75) is 52.6 Å². The van der Waals surface area contributed by atoms with Crippen LogP contribution in [-0.2, 0) is 32.6 Å². The molecule has 0 aliphatic rings. The van der Waals surface area contributed by atoms with E-state index in [9.17, 15) is 18.0 Å². The molecule has 0 heterocycles. The van der Waals surface area contributed by atoms with E-state index in [2.05, 4.69) is 21.2 Å². The van der Waals surface area contributed by atoms with Crippen molar-refractivity contribution in [1.29, 1.82) is 0 Å². The van der Waals surface area contributed by atoms with E-state index in [1.165, 1.54) is 10.6 Å². The van der Waals surface area contributed by atoms with Gasteiger partial charge in [0, 0.05) is 36.9 Å². The number of anilines is 1. The largest absolute Gasteiger partial charge is 0.355 e. The highest BCUT2D eigenvalue weighted by atomic mass is 79.9. The van der Waals surface area contributed by atoms with Crippen LogP contribution < -0.4 is 9.62 Å². The van der Waals surface area contributed by atoms with Crippen molar-refractivity contribution in [3.8, 4) is 0 Å². The summed E-state index contributed by atoms with van der Waals surface area (Å²) in [6.07, 6.45) is 1.95. The van der Waals surface area contributed by atoms with E-state index in [1.807, 2.05) is 87.5 Å². The Hall–Kier alpha value is -3.17. The standard InChI is InChI=1S/C31H38BrN3O4S/c1-5-33-31(37)29(21-25-13-7-6-8-14-25)34(22-26-15-10-16-27(32)20-26)30(36)18-11-19-35(40(4,38)39)28-17-9-12-23(2)24(28)3/h6-10,12-17,20,29H,5,11,18-19,21-22H2,1-4H3,(H,33,37)/t29-/m1/s1. The number of hydrogen-bond donors (Lipinski definition) is 1. The molecule has 0 radical (unpaired) electrons. The second kappa shape index (κ2) is 14.5. The first-order valence-corrected chi connectivity index (χ1v) is 16.0. The van der Waals surface area contributed by atoms with Crippen LogP contribution in [0.5, 0.6) is 0 Å². The van der Waals surface area contributed by atoms with E-state index in [4.69, 9.17) is 0 Å². The Kier molecular flexibility index (Phi) is 11.3. The summed E-state index contributed by atoms with van der Waals surface area (Å²) in [5.41, 5.74) is 4.33. The number of benzene rings is 3. The number of sulfonamides is 1. The molecular formula is C31H38BrN3O4S. The number of aryl methyl sites for hydroxylation is 1. The van der Waals surface area contributed by atoms with Gasteiger partial charge in [0.25, 0.3) is 0 Å². The zero-order valence-corrected chi connectivity index (χ0v) is 26.0. The van der Waals surface area contributed by atoms with E-state index in [-0.39, 0.29) is 31.3 Å². The minimum Gasteiger partial charge on any atom is -0.355 e. The van der Waals surface area contributed by atoms with Crippen LogP contribution in [0.15, 0.2) is 77.3 Å². The van der Waals surface area contributed by atoms with Gasteiger partial charge < -0.3 is 10.2 Å². The van der Waals surface area contributed by atoms with Gasteiger partial charge in [-0.05, 0) is 67.6 Å². The lowest BCUT2D eigenvalue weighted by atomic mass is 10.0. The minimum atomic E-state index is -3.57. The molecule has 214 valence electrons. The molecule has 1 atom stereocenters. The summed E-state index contributed by atoms with van der Waals surface area (Å²) < 4.78 is 27.7. The van der Waals surface area contributed by atoms with Gasteiger partial charge in [0.2, 0.25) is 21.8 Å². The van der Waals surface area contributed by atoms with Crippen molar-refractivity contribution in [1.82, 2.24) is 10.2 Å². The lowest BCUT2D eigenvalue weighted by molar-refractivity contribution is -0.141. The van der Waals surface area contributed by atoms with Gasteiger partial charge in [0.1, 0.15) is 6.04 Å². The van der Waals surface area contributed by atoms with Crippen molar-refractivity contribution < 1.29 is 18.0 Å². The predicted octanol–water partition coefficient (Wildman–Crippen LogP) is 5.39. The Labute approximate surface area is 246 Å². The third kappa shape index (κ3) is 8.66. The first-order valence-electron chi connectivity index (χ1n) is 13.4. The Balaban J connectivity index is 1.88. The van der Waals surface area contributed by atoms with Crippen LogP contribution in [-0.4, -0.2) is 50.5 Å². The molecular weight excluding hydrogens is 590 g/mol. The molecule has 0 aliphatic heterocycles. The fourth-order valence-electron chi connectivity index (χ4n) is 4.67. The summed E-state index contributed by atoms with van der Waals surface area (Å²) in [5.74, 6) is -0.426. The quantitative estimate of drug-likeness (QED) is 0.275. The number of halogens is 1. The molecule has 40 heavy (non-hydrogen) atoms. The normalized spacial score (nSPS) is 12.0. The van der Waals surface area contributed by atoms with Crippen molar-refractivity contribution >= 4 is 43.5 Å². The summed E-state index contributed by atoms with van der Waals surface area (Å²) in [5, 5.41) is 2.90. The Morgan fingerprint density at radius 1 is 0.950 bits per heavy atom. The van der Waals surface area contributed by atoms with Crippen LogP contribution in [0.1, 0.15) is 42.0 Å². The fourth-order valence-corrected chi connectivity index (χ4v) is 6.13. The fraction of sp³-hybridized carbons (Fsp3) is 0.355. The number of hydrogen-bond acceptors (Lipinski definition) is 4. The van der Waals surface area contributed by atoms with Gasteiger partial charge in [-0.15, -0.1) is 0 Å². The third-order valence-corrected chi connectivity index (χ3v) is 8.53. The molecule has 0 spiro atoms. The van der Waals surface area contributed by atoms with Crippen molar-refractivity contribution in [2.24, 2.45) is 0 Å². The van der Waals surface area contributed by atoms with E-state index >= 15 is 0 Å². The lowest BCUT2D eigenvalue weighted by Gasteiger charge is -2.32. The van der Waals surface area contributed by atoms with Crippen LogP contribution in [0.3, 0.4) is 0 Å². The molecule has 0 saturated heterocycles. The highest BCUT2D eigenvalue weighted by Crippen LogP contribution is 2.26. The first-order chi connectivity index (χ1) is 19.0. The van der Waals surface area contributed by atoms with Crippen molar-refractivity contribution in [3.05, 3.63) is 99.5 Å². The van der Waals surface area contributed by atoms with Gasteiger partial charge in [-0.1, -0.05) is 70.5 Å². The summed E-state index contributed by atoms with van der Waals surface area (Å²) >= 11 is 3.50. The number of likely N-dealkylation sites (N-methyl/N-ethyl adjacent to an activating group) is 1. The summed E-state index contributed by atoms with van der Waals surface area (Å²) in [6.45, 7) is 6.54. The molecule has 1 N–H and O–H groups in total. The monoisotopic (exact) mass is 627 g/mol. The number of carbonyl (C=O) groups is 2. The number of rotatable bonds is 13. The summed E-state index contributed by atoms with van der Waals surface area (Å²) in [6, 6.07) is 22.1. The third-order valence-electron chi connectivity index (χ3n) is 6.86. The smallest absolute Gasteiger partial charge is 0.243 e. The molecule has 0 bridgehead atoms. The summed E-state index contributed by atoms with van der Waals surface area (Å²) in [4.78, 5) is 28.8. The Morgan fingerprint density at radius 2 is 1.62 bits per heavy atom. The molecule has 7 nitrogen and oxygen atoms in total. The van der Waals surface area contributed by atoms with Crippen LogP contribution >= 0.6 is 15.9 Å². The van der Waals surface area contributed by atoms with E-state index in [0.717, 1.165) is 26.7 Å².